The fraction of sp³-hybridized carbons (Fsp3) is 0.296. The maximum absolute atomic E-state index is 14.0. The lowest BCUT2D eigenvalue weighted by atomic mass is 9.74. The van der Waals surface area contributed by atoms with E-state index in [1.807, 2.05) is 24.3 Å². The Kier molecular flexibility index (Phi) is 6.86. The van der Waals surface area contributed by atoms with Crippen molar-refractivity contribution >= 4 is 5.91 Å². The molecule has 1 N–H and O–H groups in total. The van der Waals surface area contributed by atoms with Gasteiger partial charge in [0.05, 0.1) is 12.5 Å². The Hall–Kier alpha value is -3.18. The van der Waals surface area contributed by atoms with Crippen molar-refractivity contribution in [1.29, 1.82) is 0 Å². The number of carbonyl (C=O) groups is 1. The highest BCUT2D eigenvalue weighted by Gasteiger charge is 2.40. The lowest BCUT2D eigenvalue weighted by Gasteiger charge is -2.36. The van der Waals surface area contributed by atoms with Gasteiger partial charge in [0, 0.05) is 30.9 Å². The van der Waals surface area contributed by atoms with Gasteiger partial charge in [-0.1, -0.05) is 60.7 Å². The lowest BCUT2D eigenvalue weighted by Crippen LogP contribution is -2.46. The number of rotatable bonds is 7. The first-order valence-corrected chi connectivity index (χ1v) is 10.9. The van der Waals surface area contributed by atoms with Crippen LogP contribution in [0.25, 0.3) is 11.1 Å². The molecule has 0 atom stereocenters. The van der Waals surface area contributed by atoms with Crippen LogP contribution >= 0.6 is 0 Å². The molecule has 32 heavy (non-hydrogen) atoms. The van der Waals surface area contributed by atoms with Crippen LogP contribution in [0.15, 0.2) is 72.8 Å². The number of hydrogen-bond acceptors (Lipinski definition) is 3. The highest BCUT2D eigenvalue weighted by Crippen LogP contribution is 2.36. The summed E-state index contributed by atoms with van der Waals surface area (Å²) < 4.78 is 25.0. The predicted molar refractivity (Wildman–Crippen MR) is 123 cm³/mol. The summed E-state index contributed by atoms with van der Waals surface area (Å²) in [6.07, 6.45) is 1.90. The minimum absolute atomic E-state index is 0.0436. The zero-order valence-corrected chi connectivity index (χ0v) is 18.3. The maximum Gasteiger partial charge on any atom is 0.226 e. The van der Waals surface area contributed by atoms with Crippen LogP contribution in [0.4, 0.5) is 4.39 Å². The molecule has 1 aliphatic rings. The fourth-order valence-electron chi connectivity index (χ4n) is 4.33. The van der Waals surface area contributed by atoms with Gasteiger partial charge in [-0.25, -0.2) is 4.39 Å². The first-order valence-electron chi connectivity index (χ1n) is 10.9. The molecule has 166 valence electrons. The SMILES string of the molecule is COc1ccccc1-c1ccc(CC2(C(=O)NCc3ccccc3F)CCOCC2)cc1. The minimum atomic E-state index is -0.560. The van der Waals surface area contributed by atoms with Crippen LogP contribution < -0.4 is 10.1 Å². The minimum Gasteiger partial charge on any atom is -0.496 e. The first kappa shape index (κ1) is 22.0. The van der Waals surface area contributed by atoms with Crippen molar-refractivity contribution in [3.63, 3.8) is 0 Å². The average Bonchev–Trinajstić information content (AvgIpc) is 2.84. The van der Waals surface area contributed by atoms with Gasteiger partial charge in [0.25, 0.3) is 0 Å². The van der Waals surface area contributed by atoms with Crippen molar-refractivity contribution in [1.82, 2.24) is 5.32 Å². The molecule has 1 heterocycles. The quantitative estimate of drug-likeness (QED) is 0.560. The molecule has 4 nitrogen and oxygen atoms in total. The molecule has 0 spiro atoms. The van der Waals surface area contributed by atoms with Gasteiger partial charge in [0.2, 0.25) is 5.91 Å². The summed E-state index contributed by atoms with van der Waals surface area (Å²) in [4.78, 5) is 13.3. The molecular weight excluding hydrogens is 405 g/mol. The summed E-state index contributed by atoms with van der Waals surface area (Å²) in [5.74, 6) is 0.479. The number of halogens is 1. The van der Waals surface area contributed by atoms with E-state index in [1.54, 1.807) is 25.3 Å². The highest BCUT2D eigenvalue weighted by atomic mass is 19.1. The van der Waals surface area contributed by atoms with E-state index in [0.717, 1.165) is 22.4 Å². The number of ether oxygens (including phenoxy) is 2. The molecule has 3 aromatic carbocycles. The second kappa shape index (κ2) is 9.96. The maximum atomic E-state index is 14.0. The largest absolute Gasteiger partial charge is 0.496 e. The molecule has 1 amide bonds. The molecule has 0 aliphatic carbocycles. The van der Waals surface area contributed by atoms with E-state index in [1.165, 1.54) is 6.07 Å². The van der Waals surface area contributed by atoms with Crippen molar-refractivity contribution in [2.24, 2.45) is 5.41 Å². The standard InChI is InChI=1S/C27H28FNO3/c1-31-25-9-5-3-7-23(25)21-12-10-20(11-13-21)18-27(14-16-32-17-15-27)26(30)29-19-22-6-2-4-8-24(22)28/h2-13H,14-19H2,1H3,(H,29,30). The Balaban J connectivity index is 1.51. The van der Waals surface area contributed by atoms with Gasteiger partial charge in [0.15, 0.2) is 0 Å². The van der Waals surface area contributed by atoms with E-state index >= 15 is 0 Å². The number of nitrogens with one attached hydrogen (secondary N) is 1. The van der Waals surface area contributed by atoms with Gasteiger partial charge in [-0.2, -0.15) is 0 Å². The van der Waals surface area contributed by atoms with E-state index in [-0.39, 0.29) is 18.3 Å². The van der Waals surface area contributed by atoms with Gasteiger partial charge in [-0.3, -0.25) is 4.79 Å². The second-order valence-corrected chi connectivity index (χ2v) is 8.24. The van der Waals surface area contributed by atoms with Crippen LogP contribution in [-0.4, -0.2) is 26.2 Å². The molecule has 5 heteroatoms. The van der Waals surface area contributed by atoms with E-state index in [0.29, 0.717) is 38.0 Å². The number of carbonyl (C=O) groups excluding carboxylic acids is 1. The number of para-hydroxylation sites is 1. The monoisotopic (exact) mass is 433 g/mol. The van der Waals surface area contributed by atoms with Crippen molar-refractivity contribution in [3.8, 4) is 16.9 Å². The first-order chi connectivity index (χ1) is 15.6. The summed E-state index contributed by atoms with van der Waals surface area (Å²) in [7, 11) is 1.67. The Morgan fingerprint density at radius 1 is 1.00 bits per heavy atom. The van der Waals surface area contributed by atoms with Crippen LogP contribution in [0.5, 0.6) is 5.75 Å². The summed E-state index contributed by atoms with van der Waals surface area (Å²) >= 11 is 0. The second-order valence-electron chi connectivity index (χ2n) is 8.24. The van der Waals surface area contributed by atoms with Crippen LogP contribution in [0.3, 0.4) is 0 Å². The molecule has 1 aliphatic heterocycles. The molecule has 1 fully saturated rings. The van der Waals surface area contributed by atoms with Crippen LogP contribution in [0.1, 0.15) is 24.0 Å². The molecule has 0 unspecified atom stereocenters. The van der Waals surface area contributed by atoms with E-state index in [2.05, 4.69) is 29.6 Å². The summed E-state index contributed by atoms with van der Waals surface area (Å²) in [6.45, 7) is 1.28. The van der Waals surface area contributed by atoms with E-state index in [9.17, 15) is 9.18 Å². The topological polar surface area (TPSA) is 47.6 Å². The van der Waals surface area contributed by atoms with Crippen molar-refractivity contribution in [3.05, 3.63) is 89.7 Å². The van der Waals surface area contributed by atoms with Crippen molar-refractivity contribution in [2.75, 3.05) is 20.3 Å². The Morgan fingerprint density at radius 2 is 1.69 bits per heavy atom. The third-order valence-electron chi connectivity index (χ3n) is 6.24. The zero-order chi connectivity index (χ0) is 22.4. The third kappa shape index (κ3) is 4.83. The molecular formula is C27H28FNO3. The van der Waals surface area contributed by atoms with Crippen LogP contribution in [0, 0.1) is 11.2 Å². The van der Waals surface area contributed by atoms with Crippen LogP contribution in [0.2, 0.25) is 0 Å². The molecule has 1 saturated heterocycles. The predicted octanol–water partition coefficient (Wildman–Crippen LogP) is 5.16. The fourth-order valence-corrected chi connectivity index (χ4v) is 4.33. The van der Waals surface area contributed by atoms with Gasteiger partial charge < -0.3 is 14.8 Å². The molecule has 0 aromatic heterocycles. The summed E-state index contributed by atoms with van der Waals surface area (Å²) in [5.41, 5.74) is 3.12. The number of benzene rings is 3. The van der Waals surface area contributed by atoms with Gasteiger partial charge in [0.1, 0.15) is 11.6 Å². The number of amides is 1. The normalized spacial score (nSPS) is 15.2. The highest BCUT2D eigenvalue weighted by molar-refractivity contribution is 5.83. The molecule has 0 saturated carbocycles. The summed E-state index contributed by atoms with van der Waals surface area (Å²) in [6, 6.07) is 22.7. The Bertz CT molecular complexity index is 1060. The molecule has 0 bridgehead atoms. The lowest BCUT2D eigenvalue weighted by molar-refractivity contribution is -0.136. The van der Waals surface area contributed by atoms with E-state index < -0.39 is 5.41 Å². The van der Waals surface area contributed by atoms with Crippen molar-refractivity contribution < 1.29 is 18.7 Å². The van der Waals surface area contributed by atoms with Gasteiger partial charge in [-0.05, 0) is 42.5 Å². The van der Waals surface area contributed by atoms with Gasteiger partial charge >= 0.3 is 0 Å². The number of hydrogen-bond donors (Lipinski definition) is 1. The smallest absolute Gasteiger partial charge is 0.226 e. The summed E-state index contributed by atoms with van der Waals surface area (Å²) in [5, 5.41) is 2.97. The van der Waals surface area contributed by atoms with Gasteiger partial charge in [-0.15, -0.1) is 0 Å². The van der Waals surface area contributed by atoms with E-state index in [4.69, 9.17) is 9.47 Å². The molecule has 4 rings (SSSR count). The Morgan fingerprint density at radius 3 is 2.41 bits per heavy atom. The molecule has 3 aromatic rings. The number of methoxy groups -OCH3 is 1. The van der Waals surface area contributed by atoms with Crippen LogP contribution in [-0.2, 0) is 22.5 Å². The average molecular weight is 434 g/mol. The Labute approximate surface area is 188 Å². The molecule has 0 radical (unpaired) electrons. The zero-order valence-electron chi connectivity index (χ0n) is 18.3. The third-order valence-corrected chi connectivity index (χ3v) is 6.24. The van der Waals surface area contributed by atoms with Crippen molar-refractivity contribution in [2.45, 2.75) is 25.8 Å².